The van der Waals surface area contributed by atoms with E-state index in [2.05, 4.69) is 15.5 Å². The summed E-state index contributed by atoms with van der Waals surface area (Å²) in [6, 6.07) is 5.08. The second-order valence-electron chi connectivity index (χ2n) is 5.23. The van der Waals surface area contributed by atoms with Gasteiger partial charge in [0.25, 0.3) is 0 Å². The van der Waals surface area contributed by atoms with Crippen LogP contribution in [0.25, 0.3) is 11.4 Å². The topological polar surface area (TPSA) is 80.9 Å². The monoisotopic (exact) mass is 326 g/mol. The predicted octanol–water partition coefficient (Wildman–Crippen LogP) is 2.90. The number of aromatic nitrogens is 4. The Labute approximate surface area is 130 Å². The third kappa shape index (κ3) is 2.49. The van der Waals surface area contributed by atoms with Gasteiger partial charge in [-0.05, 0) is 41.5 Å². The minimum absolute atomic E-state index is 0.255. The number of hydrogen-bond donors (Lipinski definition) is 1. The van der Waals surface area contributed by atoms with Crippen LogP contribution in [0.3, 0.4) is 0 Å². The fourth-order valence-corrected chi connectivity index (χ4v) is 2.78. The van der Waals surface area contributed by atoms with Crippen LogP contribution < -0.4 is 0 Å². The van der Waals surface area contributed by atoms with Gasteiger partial charge in [-0.3, -0.25) is 4.79 Å². The molecule has 1 aromatic carbocycles. The largest absolute Gasteiger partial charge is 0.481 e. The maximum atomic E-state index is 11.5. The van der Waals surface area contributed by atoms with Crippen molar-refractivity contribution in [2.24, 2.45) is 5.41 Å². The number of nitrogens with zero attached hydrogens (tertiary/aromatic N) is 4. The van der Waals surface area contributed by atoms with E-state index in [1.807, 2.05) is 0 Å². The van der Waals surface area contributed by atoms with E-state index in [4.69, 9.17) is 23.2 Å². The average Bonchev–Trinajstić information content (AvgIpc) is 2.84. The Morgan fingerprint density at radius 3 is 2.67 bits per heavy atom. The fraction of sp³-hybridized carbons (Fsp3) is 0.385. The number of halogens is 2. The van der Waals surface area contributed by atoms with Crippen molar-refractivity contribution in [2.75, 3.05) is 0 Å². The third-order valence-corrected chi connectivity index (χ3v) is 4.67. The maximum Gasteiger partial charge on any atom is 0.311 e. The van der Waals surface area contributed by atoms with Crippen molar-refractivity contribution in [3.05, 3.63) is 28.2 Å². The molecule has 0 atom stereocenters. The Hall–Kier alpha value is -1.66. The molecular weight excluding hydrogens is 315 g/mol. The van der Waals surface area contributed by atoms with Gasteiger partial charge in [-0.25, -0.2) is 4.68 Å². The summed E-state index contributed by atoms with van der Waals surface area (Å²) in [7, 11) is 0. The summed E-state index contributed by atoms with van der Waals surface area (Å²) in [5.74, 6) is -0.314. The Balaban J connectivity index is 1.94. The van der Waals surface area contributed by atoms with Crippen LogP contribution in [0.15, 0.2) is 18.2 Å². The van der Waals surface area contributed by atoms with E-state index in [9.17, 15) is 9.90 Å². The molecule has 0 saturated heterocycles. The number of rotatable bonds is 4. The fourth-order valence-electron chi connectivity index (χ4n) is 2.48. The quantitative estimate of drug-likeness (QED) is 0.934. The third-order valence-electron chi connectivity index (χ3n) is 3.93. The summed E-state index contributed by atoms with van der Waals surface area (Å²) in [5.41, 5.74) is -0.0605. The smallest absolute Gasteiger partial charge is 0.311 e. The Kier molecular flexibility index (Phi) is 3.59. The molecule has 1 aromatic heterocycles. The highest BCUT2D eigenvalue weighted by Gasteiger charge is 2.45. The zero-order valence-corrected chi connectivity index (χ0v) is 12.5. The van der Waals surface area contributed by atoms with Crippen LogP contribution >= 0.6 is 23.2 Å². The Morgan fingerprint density at radius 1 is 1.33 bits per heavy atom. The molecule has 1 fully saturated rings. The Morgan fingerprint density at radius 2 is 2.10 bits per heavy atom. The Bertz CT molecular complexity index is 697. The molecule has 0 unspecified atom stereocenters. The van der Waals surface area contributed by atoms with Crippen LogP contribution in [0.2, 0.25) is 10.0 Å². The zero-order chi connectivity index (χ0) is 15.0. The van der Waals surface area contributed by atoms with E-state index in [1.54, 1.807) is 18.2 Å². The summed E-state index contributed by atoms with van der Waals surface area (Å²) in [5, 5.41) is 21.8. The number of carboxylic acids is 1. The molecule has 2 aromatic rings. The molecule has 110 valence electrons. The SMILES string of the molecule is O=C(O)C1(Cn2nnnc2-c2ccc(Cl)c(Cl)c2)CCC1. The molecule has 1 aliphatic carbocycles. The lowest BCUT2D eigenvalue weighted by Gasteiger charge is -2.37. The van der Waals surface area contributed by atoms with Crippen LogP contribution in [-0.2, 0) is 11.3 Å². The lowest BCUT2D eigenvalue weighted by Crippen LogP contribution is -2.42. The van der Waals surface area contributed by atoms with Crippen LogP contribution in [0.1, 0.15) is 19.3 Å². The summed E-state index contributed by atoms with van der Waals surface area (Å²) in [6.07, 6.45) is 2.20. The van der Waals surface area contributed by atoms with Crippen LogP contribution in [0.5, 0.6) is 0 Å². The van der Waals surface area contributed by atoms with Crippen molar-refractivity contribution in [3.63, 3.8) is 0 Å². The number of carboxylic acid groups (broad SMARTS) is 1. The molecule has 0 amide bonds. The van der Waals surface area contributed by atoms with Gasteiger partial charge in [-0.2, -0.15) is 0 Å². The average molecular weight is 327 g/mol. The van der Waals surface area contributed by atoms with E-state index in [0.717, 1.165) is 6.42 Å². The first-order valence-corrected chi connectivity index (χ1v) is 7.22. The predicted molar refractivity (Wildman–Crippen MR) is 77.2 cm³/mol. The van der Waals surface area contributed by atoms with Crippen molar-refractivity contribution >= 4 is 29.2 Å². The minimum Gasteiger partial charge on any atom is -0.481 e. The normalized spacial score (nSPS) is 16.5. The van der Waals surface area contributed by atoms with E-state index in [0.29, 0.717) is 34.3 Å². The molecule has 1 saturated carbocycles. The van der Waals surface area contributed by atoms with E-state index in [-0.39, 0.29) is 6.54 Å². The molecule has 3 rings (SSSR count). The molecular formula is C13H12Cl2N4O2. The molecule has 8 heteroatoms. The highest BCUT2D eigenvalue weighted by molar-refractivity contribution is 6.42. The van der Waals surface area contributed by atoms with Crippen molar-refractivity contribution in [3.8, 4) is 11.4 Å². The standard InChI is InChI=1S/C13H12Cl2N4O2/c14-9-3-2-8(6-10(9)15)11-16-17-18-19(11)7-13(12(20)21)4-1-5-13/h2-3,6H,1,4-5,7H2,(H,20,21). The summed E-state index contributed by atoms with van der Waals surface area (Å²) in [6.45, 7) is 0.255. The maximum absolute atomic E-state index is 11.5. The van der Waals surface area contributed by atoms with Gasteiger partial charge in [-0.15, -0.1) is 5.10 Å². The van der Waals surface area contributed by atoms with E-state index in [1.165, 1.54) is 4.68 Å². The van der Waals surface area contributed by atoms with Crippen molar-refractivity contribution < 1.29 is 9.90 Å². The zero-order valence-electron chi connectivity index (χ0n) is 11.0. The first kappa shape index (κ1) is 14.3. The van der Waals surface area contributed by atoms with E-state index < -0.39 is 11.4 Å². The number of tetrazole rings is 1. The van der Waals surface area contributed by atoms with Gasteiger partial charge in [0.1, 0.15) is 0 Å². The van der Waals surface area contributed by atoms with Gasteiger partial charge in [-0.1, -0.05) is 29.6 Å². The molecule has 21 heavy (non-hydrogen) atoms. The van der Waals surface area contributed by atoms with Crippen LogP contribution in [0, 0.1) is 5.41 Å². The van der Waals surface area contributed by atoms with E-state index >= 15 is 0 Å². The summed E-state index contributed by atoms with van der Waals surface area (Å²) < 4.78 is 1.52. The lowest BCUT2D eigenvalue weighted by molar-refractivity contribution is -0.156. The molecule has 0 aliphatic heterocycles. The summed E-state index contributed by atoms with van der Waals surface area (Å²) >= 11 is 11.9. The number of hydrogen-bond acceptors (Lipinski definition) is 4. The summed E-state index contributed by atoms with van der Waals surface area (Å²) in [4.78, 5) is 11.5. The molecule has 0 bridgehead atoms. The van der Waals surface area contributed by atoms with Crippen molar-refractivity contribution in [2.45, 2.75) is 25.8 Å². The second kappa shape index (κ2) is 5.27. The van der Waals surface area contributed by atoms with Crippen LogP contribution in [-0.4, -0.2) is 31.3 Å². The first-order chi connectivity index (χ1) is 10.0. The van der Waals surface area contributed by atoms with Gasteiger partial charge >= 0.3 is 5.97 Å². The van der Waals surface area contributed by atoms with Gasteiger partial charge in [0.2, 0.25) is 0 Å². The lowest BCUT2D eigenvalue weighted by atomic mass is 9.69. The number of carbonyl (C=O) groups is 1. The van der Waals surface area contributed by atoms with Gasteiger partial charge in [0, 0.05) is 5.56 Å². The van der Waals surface area contributed by atoms with Gasteiger partial charge < -0.3 is 5.11 Å². The number of aliphatic carboxylic acids is 1. The second-order valence-corrected chi connectivity index (χ2v) is 6.04. The first-order valence-electron chi connectivity index (χ1n) is 6.47. The van der Waals surface area contributed by atoms with Crippen molar-refractivity contribution in [1.82, 2.24) is 20.2 Å². The molecule has 1 N–H and O–H groups in total. The number of benzene rings is 1. The molecule has 0 radical (unpaired) electrons. The molecule has 0 spiro atoms. The molecule has 6 nitrogen and oxygen atoms in total. The molecule has 1 heterocycles. The highest BCUT2D eigenvalue weighted by Crippen LogP contribution is 2.43. The van der Waals surface area contributed by atoms with Crippen molar-refractivity contribution in [1.29, 1.82) is 0 Å². The molecule has 1 aliphatic rings. The minimum atomic E-state index is -0.802. The highest BCUT2D eigenvalue weighted by atomic mass is 35.5. The van der Waals surface area contributed by atoms with Gasteiger partial charge in [0.15, 0.2) is 5.82 Å². The van der Waals surface area contributed by atoms with Gasteiger partial charge in [0.05, 0.1) is 22.0 Å². The van der Waals surface area contributed by atoms with Crippen LogP contribution in [0.4, 0.5) is 0 Å².